The number of hydrogen-bond donors (Lipinski definition) is 0. The van der Waals surface area contributed by atoms with Crippen LogP contribution >= 0.6 is 0 Å². The van der Waals surface area contributed by atoms with Gasteiger partial charge in [-0.05, 0) is 22.3 Å². The van der Waals surface area contributed by atoms with Crippen LogP contribution in [-0.4, -0.2) is 23.9 Å². The molecule has 0 saturated heterocycles. The molecule has 1 unspecified atom stereocenters. The van der Waals surface area contributed by atoms with Gasteiger partial charge in [-0.3, -0.25) is 4.79 Å². The zero-order valence-electron chi connectivity index (χ0n) is 21.7. The Morgan fingerprint density at radius 1 is 0.718 bits per heavy atom. The first-order valence-electron chi connectivity index (χ1n) is 12.8. The number of methoxy groups -OCH3 is 1. The summed E-state index contributed by atoms with van der Waals surface area (Å²) in [7, 11) is 1.34. The van der Waals surface area contributed by atoms with Crippen molar-refractivity contribution < 1.29 is 18.7 Å². The Morgan fingerprint density at radius 3 is 1.72 bits per heavy atom. The van der Waals surface area contributed by atoms with Gasteiger partial charge < -0.3 is 14.1 Å². The molecule has 4 aromatic carbocycles. The van der Waals surface area contributed by atoms with Crippen molar-refractivity contribution in [2.24, 2.45) is 0 Å². The molecule has 1 aromatic heterocycles. The molecule has 0 bridgehead atoms. The number of nitrogens with zero attached hydrogens (tertiary/aromatic N) is 1. The molecule has 0 radical (unpaired) electrons. The van der Waals surface area contributed by atoms with Crippen LogP contribution in [0.4, 0.5) is 0 Å². The van der Waals surface area contributed by atoms with Crippen molar-refractivity contribution >= 4 is 11.9 Å². The number of amides is 1. The van der Waals surface area contributed by atoms with E-state index in [-0.39, 0.29) is 11.5 Å². The van der Waals surface area contributed by atoms with Gasteiger partial charge in [0.1, 0.15) is 23.5 Å². The lowest BCUT2D eigenvalue weighted by Crippen LogP contribution is -2.35. The Labute approximate surface area is 228 Å². The van der Waals surface area contributed by atoms with Gasteiger partial charge in [0.05, 0.1) is 7.11 Å². The predicted octanol–water partition coefficient (Wildman–Crippen LogP) is 7.09. The van der Waals surface area contributed by atoms with Gasteiger partial charge in [-0.2, -0.15) is 0 Å². The highest BCUT2D eigenvalue weighted by molar-refractivity contribution is 5.99. The fraction of sp³-hybridized carbons (Fsp3) is 0.118. The SMILES string of the molecule is COC(=O)c1coc(C(C(=O)N(Cc2ccccc2)Cc2ccccc2)c2ccccc2)c1-c1ccccc1. The zero-order chi connectivity index (χ0) is 27.0. The summed E-state index contributed by atoms with van der Waals surface area (Å²) in [6.07, 6.45) is 1.39. The molecule has 5 aromatic rings. The molecule has 1 atom stereocenters. The van der Waals surface area contributed by atoms with Crippen LogP contribution in [0.2, 0.25) is 0 Å². The first kappa shape index (κ1) is 25.7. The minimum atomic E-state index is -0.785. The second-order valence-corrected chi connectivity index (χ2v) is 9.26. The number of benzene rings is 4. The third-order valence-corrected chi connectivity index (χ3v) is 6.67. The van der Waals surface area contributed by atoms with Gasteiger partial charge in [-0.25, -0.2) is 4.79 Å². The largest absolute Gasteiger partial charge is 0.467 e. The van der Waals surface area contributed by atoms with E-state index in [0.29, 0.717) is 24.4 Å². The van der Waals surface area contributed by atoms with Gasteiger partial charge in [-0.15, -0.1) is 0 Å². The van der Waals surface area contributed by atoms with Crippen molar-refractivity contribution in [2.45, 2.75) is 19.0 Å². The smallest absolute Gasteiger partial charge is 0.341 e. The first-order valence-corrected chi connectivity index (χ1v) is 12.8. The van der Waals surface area contributed by atoms with E-state index in [4.69, 9.17) is 9.15 Å². The number of furan rings is 1. The highest BCUT2D eigenvalue weighted by atomic mass is 16.5. The molecule has 1 heterocycles. The van der Waals surface area contributed by atoms with E-state index in [1.165, 1.54) is 13.4 Å². The Morgan fingerprint density at radius 2 is 1.21 bits per heavy atom. The molecule has 5 nitrogen and oxygen atoms in total. The van der Waals surface area contributed by atoms with Crippen molar-refractivity contribution in [3.8, 4) is 11.1 Å². The van der Waals surface area contributed by atoms with Crippen LogP contribution in [0.1, 0.15) is 38.7 Å². The number of hydrogen-bond acceptors (Lipinski definition) is 4. The molecule has 5 rings (SSSR count). The van der Waals surface area contributed by atoms with Crippen LogP contribution in [0.25, 0.3) is 11.1 Å². The fourth-order valence-electron chi connectivity index (χ4n) is 4.80. The molecule has 0 fully saturated rings. The van der Waals surface area contributed by atoms with Gasteiger partial charge in [-0.1, -0.05) is 121 Å². The van der Waals surface area contributed by atoms with Gasteiger partial charge in [0.25, 0.3) is 0 Å². The molecular weight excluding hydrogens is 486 g/mol. The highest BCUT2D eigenvalue weighted by Gasteiger charge is 2.35. The summed E-state index contributed by atoms with van der Waals surface area (Å²) < 4.78 is 11.2. The Balaban J connectivity index is 1.65. The van der Waals surface area contributed by atoms with Crippen LogP contribution in [0.3, 0.4) is 0 Å². The fourth-order valence-corrected chi connectivity index (χ4v) is 4.80. The number of carbonyl (C=O) groups excluding carboxylic acids is 2. The molecule has 0 spiro atoms. The van der Waals surface area contributed by atoms with E-state index >= 15 is 0 Å². The maximum atomic E-state index is 14.6. The molecule has 0 aliphatic carbocycles. The number of carbonyl (C=O) groups is 2. The summed E-state index contributed by atoms with van der Waals surface area (Å²) in [5, 5.41) is 0. The molecule has 39 heavy (non-hydrogen) atoms. The van der Waals surface area contributed by atoms with Crippen molar-refractivity contribution in [2.75, 3.05) is 7.11 Å². The average molecular weight is 516 g/mol. The van der Waals surface area contributed by atoms with Crippen molar-refractivity contribution in [3.63, 3.8) is 0 Å². The number of esters is 1. The van der Waals surface area contributed by atoms with Crippen LogP contribution < -0.4 is 0 Å². The predicted molar refractivity (Wildman–Crippen MR) is 151 cm³/mol. The lowest BCUT2D eigenvalue weighted by atomic mass is 9.88. The van der Waals surface area contributed by atoms with Gasteiger partial charge in [0, 0.05) is 18.7 Å². The minimum Gasteiger partial charge on any atom is -0.467 e. The molecular formula is C34H29NO4. The third kappa shape index (κ3) is 5.83. The van der Waals surface area contributed by atoms with E-state index in [0.717, 1.165) is 22.3 Å². The van der Waals surface area contributed by atoms with Crippen molar-refractivity contribution in [3.05, 3.63) is 156 Å². The van der Waals surface area contributed by atoms with E-state index < -0.39 is 11.9 Å². The van der Waals surface area contributed by atoms with E-state index in [9.17, 15) is 9.59 Å². The number of ether oxygens (including phenoxy) is 1. The normalized spacial score (nSPS) is 11.5. The second-order valence-electron chi connectivity index (χ2n) is 9.26. The molecule has 5 heteroatoms. The van der Waals surface area contributed by atoms with Crippen LogP contribution in [0, 0.1) is 0 Å². The highest BCUT2D eigenvalue weighted by Crippen LogP contribution is 2.39. The minimum absolute atomic E-state index is 0.128. The van der Waals surface area contributed by atoms with E-state index in [1.807, 2.05) is 126 Å². The van der Waals surface area contributed by atoms with Crippen molar-refractivity contribution in [1.82, 2.24) is 4.90 Å². The Bertz CT molecular complexity index is 1470. The lowest BCUT2D eigenvalue weighted by Gasteiger charge is -2.28. The number of rotatable bonds is 9. The summed E-state index contributed by atoms with van der Waals surface area (Å²) in [5.41, 5.74) is 4.43. The Hall–Kier alpha value is -4.90. The summed E-state index contributed by atoms with van der Waals surface area (Å²) >= 11 is 0. The lowest BCUT2D eigenvalue weighted by molar-refractivity contribution is -0.133. The van der Waals surface area contributed by atoms with Gasteiger partial charge in [0.2, 0.25) is 5.91 Å². The quantitative estimate of drug-likeness (QED) is 0.197. The standard InChI is InChI=1S/C34H29NO4/c1-38-34(37)29-24-39-32(30(29)27-18-10-4-11-19-27)31(28-20-12-5-13-21-28)33(36)35(22-25-14-6-2-7-15-25)23-26-16-8-3-9-17-26/h2-21,24,31H,22-23H2,1H3. The molecule has 194 valence electrons. The van der Waals surface area contributed by atoms with Crippen LogP contribution in [0.15, 0.2) is 132 Å². The Kier molecular flexibility index (Phi) is 7.98. The monoisotopic (exact) mass is 515 g/mol. The van der Waals surface area contributed by atoms with Crippen LogP contribution in [0.5, 0.6) is 0 Å². The summed E-state index contributed by atoms with van der Waals surface area (Å²) in [6, 6.07) is 38.9. The molecule has 0 aliphatic rings. The van der Waals surface area contributed by atoms with Crippen molar-refractivity contribution in [1.29, 1.82) is 0 Å². The maximum Gasteiger partial charge on any atom is 0.341 e. The third-order valence-electron chi connectivity index (χ3n) is 6.67. The van der Waals surface area contributed by atoms with Gasteiger partial charge >= 0.3 is 5.97 Å². The van der Waals surface area contributed by atoms with Crippen LogP contribution in [-0.2, 0) is 22.6 Å². The average Bonchev–Trinajstić information content (AvgIpc) is 3.43. The van der Waals surface area contributed by atoms with E-state index in [2.05, 4.69) is 0 Å². The second kappa shape index (κ2) is 12.1. The molecule has 0 saturated carbocycles. The zero-order valence-corrected chi connectivity index (χ0v) is 21.7. The summed E-state index contributed by atoms with van der Waals surface area (Å²) in [6.45, 7) is 0.840. The molecule has 1 amide bonds. The first-order chi connectivity index (χ1) is 19.2. The molecule has 0 N–H and O–H groups in total. The summed E-state index contributed by atoms with van der Waals surface area (Å²) in [5.74, 6) is -1.03. The molecule has 0 aliphatic heterocycles. The topological polar surface area (TPSA) is 59.8 Å². The maximum absolute atomic E-state index is 14.6. The van der Waals surface area contributed by atoms with E-state index in [1.54, 1.807) is 0 Å². The summed E-state index contributed by atoms with van der Waals surface area (Å²) in [4.78, 5) is 29.3. The van der Waals surface area contributed by atoms with Gasteiger partial charge in [0.15, 0.2) is 0 Å².